The Balaban J connectivity index is 1.83. The molecule has 0 saturated heterocycles. The topological polar surface area (TPSA) is 54.4 Å². The molecule has 0 heterocycles. The van der Waals surface area contributed by atoms with Crippen molar-refractivity contribution in [2.24, 2.45) is 11.8 Å². The predicted octanol–water partition coefficient (Wildman–Crippen LogP) is 7.11. The van der Waals surface area contributed by atoms with Gasteiger partial charge in [-0.15, -0.1) is 13.2 Å². The van der Waals surface area contributed by atoms with Gasteiger partial charge in [0.1, 0.15) is 0 Å². The Bertz CT molecular complexity index is 875. The lowest BCUT2D eigenvalue weighted by atomic mass is 9.80. The van der Waals surface area contributed by atoms with Crippen molar-refractivity contribution >= 4 is 11.6 Å². The normalized spacial score (nSPS) is 15.5. The molecule has 2 atom stereocenters. The quantitative estimate of drug-likeness (QED) is 0.250. The Labute approximate surface area is 194 Å². The Hall–Kier alpha value is -2.26. The Morgan fingerprint density at radius 3 is 1.97 bits per heavy atom. The molecular weight excluding hydrogens is 396 g/mol. The van der Waals surface area contributed by atoms with Crippen LogP contribution in [0.1, 0.15) is 96.6 Å². The maximum atomic E-state index is 13.1. The highest BCUT2D eigenvalue weighted by Gasteiger charge is 2.31. The van der Waals surface area contributed by atoms with Crippen LogP contribution in [0.25, 0.3) is 0 Å². The van der Waals surface area contributed by atoms with Gasteiger partial charge in [0.2, 0.25) is 0 Å². The summed E-state index contributed by atoms with van der Waals surface area (Å²) >= 11 is 0. The molecule has 32 heavy (non-hydrogen) atoms. The number of carbonyl (C=O) groups is 2. The fourth-order valence-electron chi connectivity index (χ4n) is 4.70. The van der Waals surface area contributed by atoms with E-state index >= 15 is 0 Å². The standard InChI is InChI=1S/C29H40O3/c1-6-23(12-8-9-14-24(7-2)18-19-30)13-10-11-15-25-22(5)28(31)27-21(4)20(3)16-17-26(27)29(25)32/h6-7,16-17,23-24,30H,1-2,8-15,18-19H2,3-5H3. The van der Waals surface area contributed by atoms with E-state index < -0.39 is 0 Å². The average Bonchev–Trinajstić information content (AvgIpc) is 2.79. The van der Waals surface area contributed by atoms with Crippen LogP contribution in [0.5, 0.6) is 0 Å². The SMILES string of the molecule is C=CC(CCO)CCCCC(C=C)CCCCC1=C(C)C(=O)c2c(ccc(C)c2C)C1=O. The molecule has 1 N–H and O–H groups in total. The van der Waals surface area contributed by atoms with Crippen molar-refractivity contribution in [3.63, 3.8) is 0 Å². The zero-order chi connectivity index (χ0) is 23.7. The fourth-order valence-corrected chi connectivity index (χ4v) is 4.70. The number of rotatable bonds is 14. The number of fused-ring (bicyclic) bond motifs is 1. The van der Waals surface area contributed by atoms with Gasteiger partial charge in [-0.1, -0.05) is 43.5 Å². The zero-order valence-electron chi connectivity index (χ0n) is 20.2. The maximum Gasteiger partial charge on any atom is 0.190 e. The highest BCUT2D eigenvalue weighted by molar-refractivity contribution is 6.27. The smallest absolute Gasteiger partial charge is 0.190 e. The van der Waals surface area contributed by atoms with Crippen molar-refractivity contribution in [3.8, 4) is 0 Å². The first-order valence-corrected chi connectivity index (χ1v) is 12.1. The Kier molecular flexibility index (Phi) is 10.3. The third-order valence-electron chi connectivity index (χ3n) is 7.09. The van der Waals surface area contributed by atoms with E-state index in [0.717, 1.165) is 62.5 Å². The van der Waals surface area contributed by atoms with Crippen LogP contribution in [-0.4, -0.2) is 23.3 Å². The molecule has 0 fully saturated rings. The molecule has 0 radical (unpaired) electrons. The minimum atomic E-state index is 0.0128. The fraction of sp³-hybridized carbons (Fsp3) is 0.517. The predicted molar refractivity (Wildman–Crippen MR) is 133 cm³/mol. The number of hydrogen-bond acceptors (Lipinski definition) is 3. The minimum absolute atomic E-state index is 0.0128. The lowest BCUT2D eigenvalue weighted by Crippen LogP contribution is -2.22. The highest BCUT2D eigenvalue weighted by Crippen LogP contribution is 2.32. The van der Waals surface area contributed by atoms with Crippen molar-refractivity contribution in [2.45, 2.75) is 78.6 Å². The van der Waals surface area contributed by atoms with Crippen LogP contribution in [0.15, 0.2) is 48.6 Å². The summed E-state index contributed by atoms with van der Waals surface area (Å²) in [7, 11) is 0. The van der Waals surface area contributed by atoms with Crippen LogP contribution in [0.3, 0.4) is 0 Å². The Morgan fingerprint density at radius 2 is 1.41 bits per heavy atom. The molecule has 2 rings (SSSR count). The minimum Gasteiger partial charge on any atom is -0.396 e. The summed E-state index contributed by atoms with van der Waals surface area (Å²) in [6, 6.07) is 3.75. The lowest BCUT2D eigenvalue weighted by molar-refractivity contribution is 0.0971. The number of Topliss-reactive ketones (excluding diaryl/α,β-unsaturated/α-hetero) is 2. The van der Waals surface area contributed by atoms with Crippen molar-refractivity contribution in [2.75, 3.05) is 6.61 Å². The van der Waals surface area contributed by atoms with E-state index in [2.05, 4.69) is 19.2 Å². The Morgan fingerprint density at radius 1 is 0.844 bits per heavy atom. The van der Waals surface area contributed by atoms with E-state index in [9.17, 15) is 9.59 Å². The number of ketones is 2. The number of benzene rings is 1. The van der Waals surface area contributed by atoms with Gasteiger partial charge < -0.3 is 5.11 Å². The number of aliphatic hydroxyl groups is 1. The number of unbranched alkanes of at least 4 members (excludes halogenated alkanes) is 2. The molecule has 0 amide bonds. The van der Waals surface area contributed by atoms with Gasteiger partial charge in [-0.05, 0) is 82.3 Å². The van der Waals surface area contributed by atoms with E-state index in [-0.39, 0.29) is 18.2 Å². The molecule has 0 bridgehead atoms. The first kappa shape index (κ1) is 26.0. The van der Waals surface area contributed by atoms with Gasteiger partial charge in [0, 0.05) is 28.9 Å². The number of carbonyl (C=O) groups excluding carboxylic acids is 2. The van der Waals surface area contributed by atoms with E-state index in [1.54, 1.807) is 6.92 Å². The van der Waals surface area contributed by atoms with Crippen LogP contribution >= 0.6 is 0 Å². The molecule has 1 aromatic carbocycles. The van der Waals surface area contributed by atoms with Gasteiger partial charge in [0.15, 0.2) is 11.6 Å². The first-order valence-electron chi connectivity index (χ1n) is 12.1. The largest absolute Gasteiger partial charge is 0.396 e. The summed E-state index contributed by atoms with van der Waals surface area (Å²) in [5.41, 5.74) is 4.45. The molecule has 1 aliphatic carbocycles. The number of allylic oxidation sites excluding steroid dienone is 4. The third-order valence-corrected chi connectivity index (χ3v) is 7.09. The number of aliphatic hydroxyl groups excluding tert-OH is 1. The van der Waals surface area contributed by atoms with Crippen molar-refractivity contribution < 1.29 is 14.7 Å². The summed E-state index contributed by atoms with van der Waals surface area (Å²) < 4.78 is 0. The van der Waals surface area contributed by atoms with Crippen molar-refractivity contribution in [1.29, 1.82) is 0 Å². The summed E-state index contributed by atoms with van der Waals surface area (Å²) in [6.45, 7) is 13.8. The molecule has 1 aromatic rings. The van der Waals surface area contributed by atoms with E-state index in [0.29, 0.717) is 40.5 Å². The molecule has 1 aliphatic rings. The average molecular weight is 437 g/mol. The molecule has 0 saturated carbocycles. The van der Waals surface area contributed by atoms with Crippen LogP contribution in [0.4, 0.5) is 0 Å². The van der Waals surface area contributed by atoms with Gasteiger partial charge >= 0.3 is 0 Å². The zero-order valence-corrected chi connectivity index (χ0v) is 20.2. The molecule has 3 nitrogen and oxygen atoms in total. The molecule has 0 aliphatic heterocycles. The molecule has 0 spiro atoms. The van der Waals surface area contributed by atoms with E-state index in [1.807, 2.05) is 32.1 Å². The number of hydrogen-bond donors (Lipinski definition) is 1. The summed E-state index contributed by atoms with van der Waals surface area (Å²) in [5.74, 6) is 0.936. The third kappa shape index (κ3) is 6.38. The molecule has 2 unspecified atom stereocenters. The van der Waals surface area contributed by atoms with Crippen LogP contribution in [0, 0.1) is 25.7 Å². The van der Waals surface area contributed by atoms with E-state index in [1.165, 1.54) is 0 Å². The van der Waals surface area contributed by atoms with Gasteiger partial charge in [-0.3, -0.25) is 9.59 Å². The van der Waals surface area contributed by atoms with E-state index in [4.69, 9.17) is 5.11 Å². The van der Waals surface area contributed by atoms with Gasteiger partial charge in [-0.2, -0.15) is 0 Å². The van der Waals surface area contributed by atoms with Gasteiger partial charge in [0.25, 0.3) is 0 Å². The van der Waals surface area contributed by atoms with Gasteiger partial charge in [0.05, 0.1) is 0 Å². The summed E-state index contributed by atoms with van der Waals surface area (Å²) in [4.78, 5) is 26.0. The molecule has 3 heteroatoms. The van der Waals surface area contributed by atoms with Crippen LogP contribution in [-0.2, 0) is 0 Å². The lowest BCUT2D eigenvalue weighted by Gasteiger charge is -2.22. The first-order chi connectivity index (χ1) is 15.3. The molecule has 174 valence electrons. The van der Waals surface area contributed by atoms with Crippen LogP contribution in [0.2, 0.25) is 0 Å². The second-order valence-corrected chi connectivity index (χ2v) is 9.23. The van der Waals surface area contributed by atoms with Gasteiger partial charge in [-0.25, -0.2) is 0 Å². The second kappa shape index (κ2) is 12.7. The molecular formula is C29H40O3. The number of aryl methyl sites for hydroxylation is 1. The summed E-state index contributed by atoms with van der Waals surface area (Å²) in [5, 5.41) is 9.08. The monoisotopic (exact) mass is 436 g/mol. The molecule has 0 aromatic heterocycles. The maximum absolute atomic E-state index is 13.1. The van der Waals surface area contributed by atoms with Crippen molar-refractivity contribution in [1.82, 2.24) is 0 Å². The highest BCUT2D eigenvalue weighted by atomic mass is 16.3. The van der Waals surface area contributed by atoms with Crippen LogP contribution < -0.4 is 0 Å². The second-order valence-electron chi connectivity index (χ2n) is 9.23. The summed E-state index contributed by atoms with van der Waals surface area (Å²) in [6.07, 6.45) is 13.0. The van der Waals surface area contributed by atoms with Crippen molar-refractivity contribution in [3.05, 3.63) is 70.8 Å².